The first-order valence-corrected chi connectivity index (χ1v) is 3.77. The van der Waals surface area contributed by atoms with Crippen molar-refractivity contribution in [2.24, 2.45) is 0 Å². The van der Waals surface area contributed by atoms with Crippen molar-refractivity contribution in [1.82, 2.24) is 12.3 Å². The summed E-state index contributed by atoms with van der Waals surface area (Å²) in [5.74, 6) is 0. The minimum Gasteiger partial charge on any atom is -0.144 e. The van der Waals surface area contributed by atoms with Gasteiger partial charge in [-0.25, -0.2) is 0 Å². The molecule has 1 heterocycles. The largest absolute Gasteiger partial charge is 0.144 e. The average Bonchev–Trinajstić information content (AvgIpc) is 2.33. The number of hydrogen-bond acceptors (Lipinski definition) is 1. The third kappa shape index (κ3) is 1.77. The highest BCUT2D eigenvalue weighted by molar-refractivity contribution is 7.17. The van der Waals surface area contributed by atoms with Gasteiger partial charge in [-0.15, -0.1) is 11.3 Å². The third-order valence-electron chi connectivity index (χ3n) is 1.36. The van der Waals surface area contributed by atoms with Gasteiger partial charge >= 0.3 is 0 Å². The highest BCUT2D eigenvalue weighted by Crippen LogP contribution is 2.18. The second kappa shape index (κ2) is 4.08. The standard InChI is InChI=1S/C8H6S.2N/c1-2-4-8-7(3-1)5-6-9-8;;/h1-6H;;. The van der Waals surface area contributed by atoms with Crippen molar-refractivity contribution in [3.05, 3.63) is 35.7 Å². The Morgan fingerprint density at radius 1 is 0.909 bits per heavy atom. The van der Waals surface area contributed by atoms with Gasteiger partial charge in [0.2, 0.25) is 0 Å². The summed E-state index contributed by atoms with van der Waals surface area (Å²) in [6, 6.07) is 10.5. The van der Waals surface area contributed by atoms with E-state index in [2.05, 4.69) is 35.7 Å². The molecule has 0 spiro atoms. The maximum atomic E-state index is 2.14. The number of nitrogens with zero attached hydrogens (tertiary/aromatic N) is 2. The van der Waals surface area contributed by atoms with E-state index in [-0.39, 0.29) is 12.3 Å². The van der Waals surface area contributed by atoms with E-state index in [1.165, 1.54) is 10.1 Å². The van der Waals surface area contributed by atoms with Crippen molar-refractivity contribution in [2.45, 2.75) is 0 Å². The van der Waals surface area contributed by atoms with E-state index in [1.807, 2.05) is 0 Å². The number of fused-ring (bicyclic) bond motifs is 1. The molecule has 2 aromatic rings. The molecule has 1 aromatic carbocycles. The summed E-state index contributed by atoms with van der Waals surface area (Å²) in [6.45, 7) is 0. The smallest absolute Gasteiger partial charge is 0.0342 e. The zero-order valence-corrected chi connectivity index (χ0v) is 6.58. The van der Waals surface area contributed by atoms with Crippen molar-refractivity contribution >= 4 is 21.4 Å². The first-order valence-electron chi connectivity index (χ1n) is 2.89. The van der Waals surface area contributed by atoms with E-state index < -0.39 is 0 Å². The Morgan fingerprint density at radius 2 is 1.64 bits per heavy atom. The SMILES string of the molecule is [N].[N].c1ccc2sccc2c1. The molecule has 0 saturated carbocycles. The fraction of sp³-hybridized carbons (Fsp3) is 0. The predicted molar refractivity (Wildman–Crippen MR) is 46.1 cm³/mol. The number of rotatable bonds is 0. The van der Waals surface area contributed by atoms with Crippen LogP contribution in [0.1, 0.15) is 0 Å². The third-order valence-corrected chi connectivity index (χ3v) is 2.26. The fourth-order valence-electron chi connectivity index (χ4n) is 0.906. The van der Waals surface area contributed by atoms with Gasteiger partial charge in [0.05, 0.1) is 0 Å². The molecule has 0 atom stereocenters. The lowest BCUT2D eigenvalue weighted by molar-refractivity contribution is 1.86. The summed E-state index contributed by atoms with van der Waals surface area (Å²) in [4.78, 5) is 0. The molecule has 0 aliphatic rings. The molecule has 2 nitrogen and oxygen atoms in total. The number of thiophene rings is 1. The maximum Gasteiger partial charge on any atom is 0.0342 e. The molecule has 0 saturated heterocycles. The molecule has 0 N–H and O–H groups in total. The van der Waals surface area contributed by atoms with Crippen LogP contribution in [0.4, 0.5) is 0 Å². The van der Waals surface area contributed by atoms with Crippen LogP contribution in [-0.2, 0) is 0 Å². The van der Waals surface area contributed by atoms with Crippen LogP contribution in [0.5, 0.6) is 0 Å². The molecule has 11 heavy (non-hydrogen) atoms. The normalized spacial score (nSPS) is 8.36. The molecule has 1 aromatic heterocycles. The minimum atomic E-state index is 0. The Morgan fingerprint density at radius 3 is 2.36 bits per heavy atom. The van der Waals surface area contributed by atoms with Gasteiger partial charge in [-0.2, -0.15) is 0 Å². The number of benzene rings is 1. The van der Waals surface area contributed by atoms with Crippen molar-refractivity contribution < 1.29 is 0 Å². The van der Waals surface area contributed by atoms with Crippen molar-refractivity contribution in [3.63, 3.8) is 0 Å². The monoisotopic (exact) mass is 162 g/mol. The van der Waals surface area contributed by atoms with Crippen LogP contribution in [0.3, 0.4) is 0 Å². The van der Waals surface area contributed by atoms with Crippen LogP contribution in [0.25, 0.3) is 10.1 Å². The van der Waals surface area contributed by atoms with E-state index in [1.54, 1.807) is 11.3 Å². The van der Waals surface area contributed by atoms with Crippen LogP contribution in [0, 0.1) is 0 Å². The van der Waals surface area contributed by atoms with Crippen LogP contribution in [0.2, 0.25) is 0 Å². The molecule has 0 aliphatic carbocycles. The summed E-state index contributed by atoms with van der Waals surface area (Å²) in [6.07, 6.45) is 0. The maximum absolute atomic E-state index is 2.14. The van der Waals surface area contributed by atoms with E-state index in [0.29, 0.717) is 0 Å². The van der Waals surface area contributed by atoms with E-state index in [0.717, 1.165) is 0 Å². The lowest BCUT2D eigenvalue weighted by Gasteiger charge is -1.82. The van der Waals surface area contributed by atoms with E-state index in [4.69, 9.17) is 0 Å². The minimum absolute atomic E-state index is 0. The summed E-state index contributed by atoms with van der Waals surface area (Å²) in [5.41, 5.74) is 0. The molecule has 0 aliphatic heterocycles. The lowest BCUT2D eigenvalue weighted by atomic mass is 10.3. The van der Waals surface area contributed by atoms with Gasteiger partial charge in [-0.05, 0) is 22.9 Å². The molecule has 2 rings (SSSR count). The summed E-state index contributed by atoms with van der Waals surface area (Å²) in [7, 11) is 0. The Balaban J connectivity index is 0.000000500. The Bertz CT molecular complexity index is 286. The van der Waals surface area contributed by atoms with Gasteiger partial charge in [-0.1, -0.05) is 18.2 Å². The molecule has 0 amide bonds. The van der Waals surface area contributed by atoms with Crippen LogP contribution in [-0.4, -0.2) is 0 Å². The van der Waals surface area contributed by atoms with Gasteiger partial charge in [0.25, 0.3) is 0 Å². The topological polar surface area (TPSA) is 61.0 Å². The van der Waals surface area contributed by atoms with Gasteiger partial charge in [0.1, 0.15) is 0 Å². The van der Waals surface area contributed by atoms with E-state index >= 15 is 0 Å². The first kappa shape index (κ1) is 10.1. The summed E-state index contributed by atoms with van der Waals surface area (Å²) in [5, 5.41) is 3.47. The zero-order chi connectivity index (χ0) is 6.10. The molecule has 0 bridgehead atoms. The molecule has 6 radical (unpaired) electrons. The Hall–Kier alpha value is -0.900. The molecule has 54 valence electrons. The van der Waals surface area contributed by atoms with Crippen molar-refractivity contribution in [3.8, 4) is 0 Å². The van der Waals surface area contributed by atoms with Gasteiger partial charge in [-0.3, -0.25) is 0 Å². The van der Waals surface area contributed by atoms with Crippen LogP contribution < -0.4 is 12.3 Å². The van der Waals surface area contributed by atoms with Crippen LogP contribution >= 0.6 is 11.3 Å². The second-order valence-corrected chi connectivity index (χ2v) is 2.91. The average molecular weight is 162 g/mol. The lowest BCUT2D eigenvalue weighted by Crippen LogP contribution is -1.56. The Labute approximate surface area is 70.0 Å². The zero-order valence-electron chi connectivity index (χ0n) is 5.77. The quantitative estimate of drug-likeness (QED) is 0.568. The summed E-state index contributed by atoms with van der Waals surface area (Å²) >= 11 is 1.79. The highest BCUT2D eigenvalue weighted by Gasteiger charge is 1.87. The van der Waals surface area contributed by atoms with Crippen LogP contribution in [0.15, 0.2) is 35.7 Å². The highest BCUT2D eigenvalue weighted by atomic mass is 32.1. The van der Waals surface area contributed by atoms with Gasteiger partial charge in [0, 0.05) is 17.0 Å². The molecule has 3 heteroatoms. The fourth-order valence-corrected chi connectivity index (χ4v) is 1.70. The molecule has 0 fully saturated rings. The molecular formula is C8H6N2S. The van der Waals surface area contributed by atoms with Gasteiger partial charge < -0.3 is 0 Å². The molecular weight excluding hydrogens is 156 g/mol. The number of hydrogen-bond donors (Lipinski definition) is 0. The first-order chi connectivity index (χ1) is 4.47. The van der Waals surface area contributed by atoms with E-state index in [9.17, 15) is 0 Å². The molecule has 0 unspecified atom stereocenters. The second-order valence-electron chi connectivity index (χ2n) is 1.96. The van der Waals surface area contributed by atoms with Gasteiger partial charge in [0.15, 0.2) is 0 Å². The van der Waals surface area contributed by atoms with Crippen molar-refractivity contribution in [2.75, 3.05) is 0 Å². The van der Waals surface area contributed by atoms with Crippen molar-refractivity contribution in [1.29, 1.82) is 0 Å². The summed E-state index contributed by atoms with van der Waals surface area (Å²) < 4.78 is 1.37. The Kier molecular flexibility index (Phi) is 3.74. The predicted octanol–water partition coefficient (Wildman–Crippen LogP) is 1.94.